The second-order valence-corrected chi connectivity index (χ2v) is 7.08. The van der Waals surface area contributed by atoms with Gasteiger partial charge in [0.05, 0.1) is 0 Å². The fourth-order valence-corrected chi connectivity index (χ4v) is 3.72. The van der Waals surface area contributed by atoms with Gasteiger partial charge in [-0.05, 0) is 50.4 Å². The predicted octanol–water partition coefficient (Wildman–Crippen LogP) is 5.54. The van der Waals surface area contributed by atoms with Crippen molar-refractivity contribution >= 4 is 5.78 Å². The molecule has 0 aromatic heterocycles. The summed E-state index contributed by atoms with van der Waals surface area (Å²) in [4.78, 5) is 12.0. The van der Waals surface area contributed by atoms with Gasteiger partial charge in [0.15, 0.2) is 0 Å². The van der Waals surface area contributed by atoms with E-state index in [2.05, 4.69) is 27.7 Å². The number of ketones is 1. The van der Waals surface area contributed by atoms with Crippen molar-refractivity contribution in [1.82, 2.24) is 0 Å². The number of carbonyl (C=O) groups excluding carboxylic acids is 1. The standard InChI is InChI=1S/C16H26O.C2H6/c1-11-9-13-7-6-8-15(3,4)14(13)10-16(11,5)12(2)17;1-2/h11H,6-10H2,1-5H3;1-2H3/t11-,16-;/m1./s1. The molecule has 0 saturated heterocycles. The molecule has 0 radical (unpaired) electrons. The Hall–Kier alpha value is -0.590. The molecule has 0 aliphatic heterocycles. The van der Waals surface area contributed by atoms with Crippen LogP contribution in [0.25, 0.3) is 0 Å². The van der Waals surface area contributed by atoms with Gasteiger partial charge in [-0.2, -0.15) is 0 Å². The lowest BCUT2D eigenvalue weighted by Crippen LogP contribution is -2.40. The maximum atomic E-state index is 12.0. The molecule has 1 heteroatoms. The highest BCUT2D eigenvalue weighted by atomic mass is 16.1. The van der Waals surface area contributed by atoms with E-state index in [0.717, 1.165) is 12.8 Å². The van der Waals surface area contributed by atoms with Crippen molar-refractivity contribution in [3.63, 3.8) is 0 Å². The Morgan fingerprint density at radius 2 is 1.79 bits per heavy atom. The summed E-state index contributed by atoms with van der Waals surface area (Å²) in [7, 11) is 0. The van der Waals surface area contributed by atoms with Crippen LogP contribution in [0.4, 0.5) is 0 Å². The van der Waals surface area contributed by atoms with Crippen LogP contribution in [0.3, 0.4) is 0 Å². The van der Waals surface area contributed by atoms with Crippen LogP contribution in [0.1, 0.15) is 80.6 Å². The second kappa shape index (κ2) is 5.81. The Morgan fingerprint density at radius 3 is 2.32 bits per heavy atom. The number of hydrogen-bond acceptors (Lipinski definition) is 1. The highest BCUT2D eigenvalue weighted by Gasteiger charge is 2.45. The lowest BCUT2D eigenvalue weighted by molar-refractivity contribution is -0.128. The van der Waals surface area contributed by atoms with Crippen molar-refractivity contribution in [2.45, 2.75) is 80.6 Å². The quantitative estimate of drug-likeness (QED) is 0.568. The first-order valence-electron chi connectivity index (χ1n) is 8.00. The van der Waals surface area contributed by atoms with Crippen LogP contribution in [0.2, 0.25) is 0 Å². The van der Waals surface area contributed by atoms with Crippen LogP contribution in [-0.4, -0.2) is 5.78 Å². The molecule has 0 amide bonds. The van der Waals surface area contributed by atoms with Gasteiger partial charge in [0.25, 0.3) is 0 Å². The van der Waals surface area contributed by atoms with Crippen molar-refractivity contribution in [3.8, 4) is 0 Å². The monoisotopic (exact) mass is 264 g/mol. The van der Waals surface area contributed by atoms with Gasteiger partial charge in [-0.15, -0.1) is 0 Å². The van der Waals surface area contributed by atoms with Gasteiger partial charge in [-0.1, -0.05) is 52.7 Å². The fraction of sp³-hybridized carbons (Fsp3) is 0.833. The molecule has 0 aromatic rings. The van der Waals surface area contributed by atoms with E-state index in [1.807, 2.05) is 13.8 Å². The Labute approximate surface area is 119 Å². The molecule has 2 atom stereocenters. The average Bonchev–Trinajstić information content (AvgIpc) is 2.34. The summed E-state index contributed by atoms with van der Waals surface area (Å²) >= 11 is 0. The summed E-state index contributed by atoms with van der Waals surface area (Å²) in [6, 6.07) is 0. The molecule has 0 fully saturated rings. The summed E-state index contributed by atoms with van der Waals surface area (Å²) in [5.41, 5.74) is 3.49. The first-order valence-corrected chi connectivity index (χ1v) is 8.00. The number of allylic oxidation sites excluding steroid dienone is 2. The molecule has 0 N–H and O–H groups in total. The van der Waals surface area contributed by atoms with Crippen LogP contribution in [0.15, 0.2) is 11.1 Å². The minimum atomic E-state index is -0.118. The van der Waals surface area contributed by atoms with Crippen molar-refractivity contribution < 1.29 is 4.79 Å². The topological polar surface area (TPSA) is 17.1 Å². The Morgan fingerprint density at radius 1 is 1.21 bits per heavy atom. The highest BCUT2D eigenvalue weighted by Crippen LogP contribution is 2.53. The van der Waals surface area contributed by atoms with Crippen molar-refractivity contribution in [3.05, 3.63) is 11.1 Å². The van der Waals surface area contributed by atoms with E-state index >= 15 is 0 Å². The summed E-state index contributed by atoms with van der Waals surface area (Å²) in [6.45, 7) is 14.9. The van der Waals surface area contributed by atoms with Gasteiger partial charge < -0.3 is 0 Å². The van der Waals surface area contributed by atoms with Gasteiger partial charge in [0, 0.05) is 5.41 Å². The highest BCUT2D eigenvalue weighted by molar-refractivity contribution is 5.83. The Balaban J connectivity index is 0.000000861. The van der Waals surface area contributed by atoms with Crippen molar-refractivity contribution in [2.75, 3.05) is 0 Å². The molecule has 110 valence electrons. The zero-order valence-electron chi connectivity index (χ0n) is 14.0. The molecule has 0 unspecified atom stereocenters. The Kier molecular flexibility index (Phi) is 5.03. The van der Waals surface area contributed by atoms with E-state index in [-0.39, 0.29) is 5.41 Å². The van der Waals surface area contributed by atoms with E-state index in [9.17, 15) is 4.79 Å². The van der Waals surface area contributed by atoms with Crippen LogP contribution >= 0.6 is 0 Å². The minimum absolute atomic E-state index is 0.118. The number of rotatable bonds is 1. The summed E-state index contributed by atoms with van der Waals surface area (Å²) in [6.07, 6.45) is 6.04. The molecular formula is C18H32O. The average molecular weight is 264 g/mol. The summed E-state index contributed by atoms with van der Waals surface area (Å²) in [5.74, 6) is 0.880. The summed E-state index contributed by atoms with van der Waals surface area (Å²) < 4.78 is 0. The summed E-state index contributed by atoms with van der Waals surface area (Å²) in [5, 5.41) is 0. The molecule has 0 bridgehead atoms. The number of Topliss-reactive ketones (excluding diaryl/α,β-unsaturated/α-hetero) is 1. The van der Waals surface area contributed by atoms with Gasteiger partial charge >= 0.3 is 0 Å². The maximum Gasteiger partial charge on any atom is 0.136 e. The van der Waals surface area contributed by atoms with Gasteiger partial charge in [0.1, 0.15) is 5.78 Å². The largest absolute Gasteiger partial charge is 0.299 e. The maximum absolute atomic E-state index is 12.0. The van der Waals surface area contributed by atoms with Gasteiger partial charge in [-0.25, -0.2) is 0 Å². The third-order valence-corrected chi connectivity index (χ3v) is 5.51. The fourth-order valence-electron chi connectivity index (χ4n) is 3.72. The first-order chi connectivity index (χ1) is 8.77. The smallest absolute Gasteiger partial charge is 0.136 e. The third-order valence-electron chi connectivity index (χ3n) is 5.51. The van der Waals surface area contributed by atoms with Crippen molar-refractivity contribution in [1.29, 1.82) is 0 Å². The molecule has 0 aromatic carbocycles. The number of carbonyl (C=O) groups is 1. The zero-order chi connectivity index (χ0) is 14.8. The molecule has 2 aliphatic rings. The lowest BCUT2D eigenvalue weighted by atomic mass is 9.57. The number of hydrogen-bond donors (Lipinski definition) is 0. The van der Waals surface area contributed by atoms with E-state index in [0.29, 0.717) is 17.1 Å². The zero-order valence-corrected chi connectivity index (χ0v) is 14.0. The van der Waals surface area contributed by atoms with E-state index in [1.165, 1.54) is 19.3 Å². The van der Waals surface area contributed by atoms with Crippen molar-refractivity contribution in [2.24, 2.45) is 16.7 Å². The molecule has 0 heterocycles. The molecule has 19 heavy (non-hydrogen) atoms. The van der Waals surface area contributed by atoms with Crippen LogP contribution in [0.5, 0.6) is 0 Å². The molecule has 0 spiro atoms. The van der Waals surface area contributed by atoms with E-state index < -0.39 is 0 Å². The molecule has 0 saturated carbocycles. The predicted molar refractivity (Wildman–Crippen MR) is 83.2 cm³/mol. The van der Waals surface area contributed by atoms with Gasteiger partial charge in [-0.3, -0.25) is 4.79 Å². The molecule has 2 aliphatic carbocycles. The minimum Gasteiger partial charge on any atom is -0.299 e. The Bertz CT molecular complexity index is 375. The SMILES string of the molecule is CC.CC(=O)[C@]1(C)CC2=C(CCCC2(C)C)C[C@H]1C. The van der Waals surface area contributed by atoms with Crippen LogP contribution in [-0.2, 0) is 4.79 Å². The molecular weight excluding hydrogens is 232 g/mol. The van der Waals surface area contributed by atoms with E-state index in [4.69, 9.17) is 0 Å². The third kappa shape index (κ3) is 2.95. The molecule has 1 nitrogen and oxygen atoms in total. The molecule has 2 rings (SSSR count). The normalized spacial score (nSPS) is 33.1. The lowest BCUT2D eigenvalue weighted by Gasteiger charge is -2.47. The van der Waals surface area contributed by atoms with Gasteiger partial charge in [0.2, 0.25) is 0 Å². The van der Waals surface area contributed by atoms with Crippen LogP contribution < -0.4 is 0 Å². The van der Waals surface area contributed by atoms with E-state index in [1.54, 1.807) is 18.1 Å². The second-order valence-electron chi connectivity index (χ2n) is 7.08. The first kappa shape index (κ1) is 16.5. The van der Waals surface area contributed by atoms with Crippen LogP contribution in [0, 0.1) is 16.7 Å².